The molecule has 0 aromatic carbocycles. The number of unbranched alkanes of at least 4 members (excludes halogenated alkanes) is 4. The van der Waals surface area contributed by atoms with Gasteiger partial charge in [-0.15, -0.1) is 0 Å². The van der Waals surface area contributed by atoms with Gasteiger partial charge >= 0.3 is 20.2 Å². The summed E-state index contributed by atoms with van der Waals surface area (Å²) in [5, 5.41) is 0. The van der Waals surface area contributed by atoms with Crippen molar-refractivity contribution in [1.82, 2.24) is 0 Å². The monoisotopic (exact) mass is 482 g/mol. The highest BCUT2D eigenvalue weighted by Gasteiger charge is 2.52. The zero-order chi connectivity index (χ0) is 22.2. The molecule has 0 rings (SSSR count). The second-order valence-corrected chi connectivity index (χ2v) is 11.7. The molecule has 2 atom stereocenters. The van der Waals surface area contributed by atoms with Crippen molar-refractivity contribution in [2.75, 3.05) is 0 Å². The number of hydrogen-bond donors (Lipinski definition) is 0. The summed E-state index contributed by atoms with van der Waals surface area (Å²) in [6, 6.07) is 0. The molecule has 166 valence electrons. The summed E-state index contributed by atoms with van der Waals surface area (Å²) in [7, 11) is -10.0. The average molecular weight is 483 g/mol. The van der Waals surface area contributed by atoms with E-state index in [-0.39, 0.29) is 12.8 Å². The quantitative estimate of drug-likeness (QED) is 0.149. The Morgan fingerprint density at radius 2 is 1.00 bits per heavy atom. The molecule has 2 unspecified atom stereocenters. The number of halogens is 2. The van der Waals surface area contributed by atoms with Crippen molar-refractivity contribution in [1.29, 1.82) is 0 Å². The molecule has 0 aliphatic heterocycles. The van der Waals surface area contributed by atoms with E-state index in [1.165, 1.54) is 0 Å². The summed E-state index contributed by atoms with van der Waals surface area (Å²) in [4.78, 5) is 23.7. The Hall–Kier alpha value is -0.260. The second kappa shape index (κ2) is 11.2. The van der Waals surface area contributed by atoms with E-state index in [1.54, 1.807) is 0 Å². The fourth-order valence-electron chi connectivity index (χ4n) is 2.34. The van der Waals surface area contributed by atoms with Crippen LogP contribution >= 0.6 is 23.2 Å². The number of carbonyl (C=O) groups excluding carboxylic acids is 2. The lowest BCUT2D eigenvalue weighted by Crippen LogP contribution is -2.44. The molecule has 0 aromatic rings. The maximum atomic E-state index is 12.4. The fraction of sp³-hybridized carbons (Fsp3) is 0.875. The van der Waals surface area contributed by atoms with Gasteiger partial charge in [0.05, 0.1) is 0 Å². The fourth-order valence-corrected chi connectivity index (χ4v) is 5.06. The minimum Gasteiger partial charge on any atom is -0.297 e. The van der Waals surface area contributed by atoms with Crippen LogP contribution in [0.1, 0.15) is 79.1 Å². The van der Waals surface area contributed by atoms with Gasteiger partial charge in [0.1, 0.15) is 0 Å². The maximum Gasteiger partial charge on any atom is 0.321 e. The summed E-state index contributed by atoms with van der Waals surface area (Å²) in [6.07, 6.45) is 2.67. The summed E-state index contributed by atoms with van der Waals surface area (Å²) in [5.74, 6) is -1.89. The van der Waals surface area contributed by atoms with Crippen LogP contribution in [0.15, 0.2) is 0 Å². The first kappa shape index (κ1) is 27.7. The van der Waals surface area contributed by atoms with Crippen LogP contribution in [0.25, 0.3) is 0 Å². The predicted octanol–water partition coefficient (Wildman–Crippen LogP) is 3.80. The van der Waals surface area contributed by atoms with Crippen LogP contribution < -0.4 is 0 Å². The van der Waals surface area contributed by atoms with E-state index in [0.717, 1.165) is 26.7 Å². The first-order valence-electron chi connectivity index (χ1n) is 8.98. The van der Waals surface area contributed by atoms with E-state index in [2.05, 4.69) is 8.67 Å². The number of carbonyl (C=O) groups is 2. The predicted molar refractivity (Wildman–Crippen MR) is 107 cm³/mol. The van der Waals surface area contributed by atoms with E-state index in [1.807, 2.05) is 13.8 Å². The standard InChI is InChI=1S/C16H28Cl2O8S2/c1-5-7-9-11-15(17,13(3)19)27(21,22)25-26-28(23,24)16(18,14(4)20)12-10-8-6-2/h5-12H2,1-4H3. The Bertz CT molecular complexity index is 687. The Balaban J connectivity index is 5.58. The summed E-state index contributed by atoms with van der Waals surface area (Å²) in [6.45, 7) is 5.62. The number of rotatable bonds is 15. The Morgan fingerprint density at radius 1 is 0.714 bits per heavy atom. The van der Waals surface area contributed by atoms with Crippen molar-refractivity contribution in [3.8, 4) is 0 Å². The topological polar surface area (TPSA) is 121 Å². The van der Waals surface area contributed by atoms with Crippen LogP contribution in [0.2, 0.25) is 0 Å². The zero-order valence-electron chi connectivity index (χ0n) is 16.5. The van der Waals surface area contributed by atoms with Crippen molar-refractivity contribution in [3.63, 3.8) is 0 Å². The van der Waals surface area contributed by atoms with Gasteiger partial charge in [-0.05, 0) is 26.7 Å². The molecule has 28 heavy (non-hydrogen) atoms. The van der Waals surface area contributed by atoms with Gasteiger partial charge in [0.15, 0.2) is 11.6 Å². The van der Waals surface area contributed by atoms with E-state index in [9.17, 15) is 26.4 Å². The van der Waals surface area contributed by atoms with Crippen LogP contribution in [-0.4, -0.2) is 36.8 Å². The van der Waals surface area contributed by atoms with Gasteiger partial charge in [-0.3, -0.25) is 9.59 Å². The Labute approximate surface area is 177 Å². The molecule has 0 bridgehead atoms. The number of alkyl halides is 2. The van der Waals surface area contributed by atoms with E-state index >= 15 is 0 Å². The molecule has 0 fully saturated rings. The van der Waals surface area contributed by atoms with Crippen molar-refractivity contribution >= 4 is 55.0 Å². The molecule has 0 aliphatic rings. The molecule has 8 nitrogen and oxygen atoms in total. The minimum atomic E-state index is -5.00. The zero-order valence-corrected chi connectivity index (χ0v) is 19.6. The molecule has 0 aliphatic carbocycles. The van der Waals surface area contributed by atoms with Crippen LogP contribution in [0.4, 0.5) is 0 Å². The highest BCUT2D eigenvalue weighted by molar-refractivity contribution is 7.92. The van der Waals surface area contributed by atoms with Gasteiger partial charge in [-0.25, -0.2) is 0 Å². The van der Waals surface area contributed by atoms with Gasteiger partial charge in [0.25, 0.3) is 0 Å². The van der Waals surface area contributed by atoms with E-state index in [4.69, 9.17) is 23.2 Å². The molecule has 12 heteroatoms. The number of hydrogen-bond acceptors (Lipinski definition) is 8. The SMILES string of the molecule is CCCCCC(Cl)(C(C)=O)S(=O)(=O)OOS(=O)(=O)C(Cl)(CCCCC)C(C)=O. The molecule has 0 amide bonds. The maximum absolute atomic E-state index is 12.4. The lowest BCUT2D eigenvalue weighted by atomic mass is 10.1. The van der Waals surface area contributed by atoms with Crippen LogP contribution in [-0.2, 0) is 38.5 Å². The van der Waals surface area contributed by atoms with Gasteiger partial charge in [-0.2, -0.15) is 16.8 Å². The summed E-state index contributed by atoms with van der Waals surface area (Å²) in [5.41, 5.74) is 0. The lowest BCUT2D eigenvalue weighted by molar-refractivity contribution is -0.122. The van der Waals surface area contributed by atoms with Gasteiger partial charge in [-0.1, -0.05) is 84.2 Å². The van der Waals surface area contributed by atoms with Crippen LogP contribution in [0, 0.1) is 0 Å². The summed E-state index contributed by atoms with van der Waals surface area (Å²) >= 11 is 11.9. The third kappa shape index (κ3) is 6.63. The van der Waals surface area contributed by atoms with Crippen LogP contribution in [0.3, 0.4) is 0 Å². The third-order valence-electron chi connectivity index (χ3n) is 4.25. The van der Waals surface area contributed by atoms with E-state index in [0.29, 0.717) is 25.7 Å². The van der Waals surface area contributed by atoms with Gasteiger partial charge in [0.2, 0.25) is 8.41 Å². The molecular weight excluding hydrogens is 455 g/mol. The largest absolute Gasteiger partial charge is 0.321 e. The van der Waals surface area contributed by atoms with Gasteiger partial charge < -0.3 is 0 Å². The molecular formula is C16H28Cl2O8S2. The molecule has 0 saturated carbocycles. The van der Waals surface area contributed by atoms with Crippen molar-refractivity contribution < 1.29 is 35.1 Å². The average Bonchev–Trinajstić information content (AvgIpc) is 2.59. The number of ketones is 2. The second-order valence-electron chi connectivity index (χ2n) is 6.53. The smallest absolute Gasteiger partial charge is 0.297 e. The minimum absolute atomic E-state index is 0.291. The first-order chi connectivity index (χ1) is 12.7. The summed E-state index contributed by atoms with van der Waals surface area (Å²) < 4.78 is 52.9. The van der Waals surface area contributed by atoms with Crippen molar-refractivity contribution in [2.24, 2.45) is 0 Å². The van der Waals surface area contributed by atoms with Gasteiger partial charge in [0, 0.05) is 0 Å². The van der Waals surface area contributed by atoms with Crippen LogP contribution in [0.5, 0.6) is 0 Å². The molecule has 0 radical (unpaired) electrons. The first-order valence-corrected chi connectivity index (χ1v) is 12.6. The highest BCUT2D eigenvalue weighted by Crippen LogP contribution is 2.36. The number of Topliss-reactive ketones (excluding diaryl/α,β-unsaturated/α-hetero) is 2. The molecule has 0 aromatic heterocycles. The van der Waals surface area contributed by atoms with Crippen molar-refractivity contribution in [3.05, 3.63) is 0 Å². The molecule has 0 N–H and O–H groups in total. The molecule has 0 spiro atoms. The highest BCUT2D eigenvalue weighted by atomic mass is 35.5. The van der Waals surface area contributed by atoms with Crippen molar-refractivity contribution in [2.45, 2.75) is 87.5 Å². The molecule has 0 heterocycles. The Kier molecular flexibility index (Phi) is 11.1. The normalized spacial score (nSPS) is 16.9. The Morgan fingerprint density at radius 3 is 1.21 bits per heavy atom. The third-order valence-corrected chi connectivity index (χ3v) is 9.45. The van der Waals surface area contributed by atoms with E-state index < -0.39 is 40.2 Å². The lowest BCUT2D eigenvalue weighted by Gasteiger charge is -2.25. The molecule has 0 saturated heterocycles.